The minimum Gasteiger partial charge on any atom is -0.492 e. The van der Waals surface area contributed by atoms with Crippen molar-refractivity contribution in [1.82, 2.24) is 20.6 Å². The van der Waals surface area contributed by atoms with Gasteiger partial charge in [0.2, 0.25) is 5.91 Å². The Morgan fingerprint density at radius 3 is 2.14 bits per heavy atom. The van der Waals surface area contributed by atoms with Crippen molar-refractivity contribution in [2.45, 2.75) is 84.1 Å². The Balaban J connectivity index is 1.40. The number of unbranched alkanes of at least 4 members (excludes halogenated alkanes) is 4. The highest BCUT2D eigenvalue weighted by Gasteiger charge is 2.23. The molecule has 0 aliphatic carbocycles. The average Bonchev–Trinajstić information content (AvgIpc) is 3.10. The first kappa shape index (κ1) is 38.0. The van der Waals surface area contributed by atoms with Gasteiger partial charge in [0.05, 0.1) is 18.1 Å². The monoisotopic (exact) mass is 698 g/mol. The van der Waals surface area contributed by atoms with Crippen molar-refractivity contribution < 1.29 is 24.2 Å². The molecule has 2 amide bonds. The van der Waals surface area contributed by atoms with E-state index in [9.17, 15) is 14.4 Å². The molecule has 0 unspecified atom stereocenters. The number of nitrogens with one attached hydrogen (secondary N) is 2. The van der Waals surface area contributed by atoms with E-state index in [1.807, 2.05) is 54.6 Å². The van der Waals surface area contributed by atoms with Gasteiger partial charge in [-0.2, -0.15) is 0 Å². The zero-order chi connectivity index (χ0) is 36.1. The average molecular weight is 699 g/mol. The van der Waals surface area contributed by atoms with E-state index in [1.54, 1.807) is 24.5 Å². The van der Waals surface area contributed by atoms with E-state index in [0.29, 0.717) is 28.8 Å². The molecule has 0 radical (unpaired) electrons. The van der Waals surface area contributed by atoms with Gasteiger partial charge in [-0.05, 0) is 52.8 Å². The summed E-state index contributed by atoms with van der Waals surface area (Å²) in [6.45, 7) is 9.07. The Morgan fingerprint density at radius 1 is 0.860 bits per heavy atom. The number of hydrogen-bond acceptors (Lipinski definition) is 6. The van der Waals surface area contributed by atoms with Crippen LogP contribution in [0, 0.1) is 0 Å². The molecule has 4 rings (SSSR count). The van der Waals surface area contributed by atoms with Gasteiger partial charge in [-0.25, -0.2) is 9.97 Å². The van der Waals surface area contributed by atoms with Gasteiger partial charge < -0.3 is 20.5 Å². The van der Waals surface area contributed by atoms with E-state index in [-0.39, 0.29) is 24.8 Å². The summed E-state index contributed by atoms with van der Waals surface area (Å²) in [6, 6.07) is 19.5. The molecule has 50 heavy (non-hydrogen) atoms. The first-order chi connectivity index (χ1) is 23.9. The Hall–Kier alpha value is -4.76. The normalized spacial score (nSPS) is 11.9. The first-order valence-corrected chi connectivity index (χ1v) is 17.6. The Morgan fingerprint density at radius 2 is 1.52 bits per heavy atom. The number of rotatable bonds is 17. The number of aromatic nitrogens is 2. The van der Waals surface area contributed by atoms with Crippen LogP contribution in [-0.2, 0) is 21.4 Å². The molecular formula is C40H47ClN4O5. The molecule has 0 aliphatic heterocycles. The number of carbonyl (C=O) groups is 3. The second-order valence-electron chi connectivity index (χ2n) is 13.4. The van der Waals surface area contributed by atoms with Crippen molar-refractivity contribution in [3.8, 4) is 28.3 Å². The molecule has 264 valence electrons. The summed E-state index contributed by atoms with van der Waals surface area (Å²) in [5.74, 6) is -0.681. The minimum absolute atomic E-state index is 0.0452. The summed E-state index contributed by atoms with van der Waals surface area (Å²) in [7, 11) is 0. The molecule has 3 N–H and O–H groups in total. The van der Waals surface area contributed by atoms with Gasteiger partial charge in [-0.15, -0.1) is 0 Å². The molecule has 1 atom stereocenters. The zero-order valence-corrected chi connectivity index (χ0v) is 30.1. The maximum absolute atomic E-state index is 13.2. The molecular weight excluding hydrogens is 652 g/mol. The smallest absolute Gasteiger partial charge is 0.305 e. The number of nitrogens with zero attached hydrogens (tertiary/aromatic N) is 2. The van der Waals surface area contributed by atoms with Crippen LogP contribution in [0.5, 0.6) is 5.75 Å². The molecule has 0 saturated carbocycles. The van der Waals surface area contributed by atoms with Crippen LogP contribution in [0.3, 0.4) is 0 Å². The van der Waals surface area contributed by atoms with Crippen LogP contribution in [-0.4, -0.2) is 52.1 Å². The van der Waals surface area contributed by atoms with Crippen LogP contribution in [0.1, 0.15) is 87.7 Å². The van der Waals surface area contributed by atoms with Crippen LogP contribution in [0.2, 0.25) is 5.02 Å². The lowest BCUT2D eigenvalue weighted by molar-refractivity contribution is -0.137. The molecule has 0 aliphatic rings. The van der Waals surface area contributed by atoms with Gasteiger partial charge in [0.15, 0.2) is 5.82 Å². The van der Waals surface area contributed by atoms with Gasteiger partial charge >= 0.3 is 5.97 Å². The quantitative estimate of drug-likeness (QED) is 0.0952. The minimum atomic E-state index is -1.02. The highest BCUT2D eigenvalue weighted by atomic mass is 35.5. The van der Waals surface area contributed by atoms with Crippen molar-refractivity contribution in [1.29, 1.82) is 0 Å². The fourth-order valence-electron chi connectivity index (χ4n) is 5.33. The van der Waals surface area contributed by atoms with Crippen LogP contribution in [0.15, 0.2) is 79.1 Å². The first-order valence-electron chi connectivity index (χ1n) is 17.2. The van der Waals surface area contributed by atoms with Gasteiger partial charge in [-0.1, -0.05) is 107 Å². The van der Waals surface area contributed by atoms with Crippen LogP contribution >= 0.6 is 11.6 Å². The molecule has 0 bridgehead atoms. The zero-order valence-electron chi connectivity index (χ0n) is 29.3. The Bertz CT molecular complexity index is 1720. The highest BCUT2D eigenvalue weighted by molar-refractivity contribution is 6.32. The molecule has 1 heterocycles. The molecule has 0 spiro atoms. The Kier molecular flexibility index (Phi) is 13.9. The maximum Gasteiger partial charge on any atom is 0.305 e. The van der Waals surface area contributed by atoms with E-state index in [0.717, 1.165) is 40.7 Å². The SMILES string of the molecule is CCCCCCCOc1ccc(-c2cnc(-c3ccc(C[C@H](NC(=O)c4ccc(C(C)(C)C)cc4)C(=O)NCCC(=O)O)cc3)nc2)cc1Cl. The highest BCUT2D eigenvalue weighted by Crippen LogP contribution is 2.31. The summed E-state index contributed by atoms with van der Waals surface area (Å²) in [6.07, 6.45) is 9.30. The number of halogens is 1. The predicted molar refractivity (Wildman–Crippen MR) is 198 cm³/mol. The fourth-order valence-corrected chi connectivity index (χ4v) is 5.56. The van der Waals surface area contributed by atoms with Crippen molar-refractivity contribution in [2.24, 2.45) is 0 Å². The largest absolute Gasteiger partial charge is 0.492 e. The van der Waals surface area contributed by atoms with Crippen molar-refractivity contribution in [3.63, 3.8) is 0 Å². The lowest BCUT2D eigenvalue weighted by Crippen LogP contribution is -2.48. The van der Waals surface area contributed by atoms with E-state index >= 15 is 0 Å². The summed E-state index contributed by atoms with van der Waals surface area (Å²) in [5, 5.41) is 15.0. The number of aliphatic carboxylic acids is 1. The van der Waals surface area contributed by atoms with Crippen molar-refractivity contribution >= 4 is 29.4 Å². The Labute approximate surface area is 299 Å². The molecule has 0 fully saturated rings. The summed E-state index contributed by atoms with van der Waals surface area (Å²) >= 11 is 6.52. The third-order valence-corrected chi connectivity index (χ3v) is 8.64. The van der Waals surface area contributed by atoms with Gasteiger partial charge in [-0.3, -0.25) is 14.4 Å². The fraction of sp³-hybridized carbons (Fsp3) is 0.375. The second kappa shape index (κ2) is 18.3. The molecule has 3 aromatic carbocycles. The predicted octanol–water partition coefficient (Wildman–Crippen LogP) is 8.04. The van der Waals surface area contributed by atoms with Crippen LogP contribution in [0.25, 0.3) is 22.5 Å². The number of hydrogen-bond donors (Lipinski definition) is 3. The topological polar surface area (TPSA) is 131 Å². The van der Waals surface area contributed by atoms with E-state index in [4.69, 9.17) is 21.4 Å². The summed E-state index contributed by atoms with van der Waals surface area (Å²) < 4.78 is 5.88. The lowest BCUT2D eigenvalue weighted by Gasteiger charge is -2.20. The standard InChI is InChI=1S/C40H47ClN4O5/c1-5-6-7-8-9-22-50-35-19-16-30(24-33(35)41)31-25-43-37(44-26-31)28-12-10-27(11-13-28)23-34(39(49)42-21-20-36(46)47)45-38(48)29-14-17-32(18-15-29)40(2,3)4/h10-19,24-26,34H,5-9,20-23H2,1-4H3,(H,42,49)(H,45,48)(H,46,47)/t34-/m0/s1. The number of carbonyl (C=O) groups excluding carboxylic acids is 2. The van der Waals surface area contributed by atoms with Crippen molar-refractivity contribution in [3.05, 3.63) is 101 Å². The van der Waals surface area contributed by atoms with Crippen molar-refractivity contribution in [2.75, 3.05) is 13.2 Å². The van der Waals surface area contributed by atoms with Gasteiger partial charge in [0.25, 0.3) is 5.91 Å². The molecule has 9 nitrogen and oxygen atoms in total. The van der Waals surface area contributed by atoms with Crippen LogP contribution < -0.4 is 15.4 Å². The lowest BCUT2D eigenvalue weighted by atomic mass is 9.86. The van der Waals surface area contributed by atoms with E-state index in [2.05, 4.69) is 48.3 Å². The van der Waals surface area contributed by atoms with E-state index < -0.39 is 23.8 Å². The third kappa shape index (κ3) is 11.4. The second-order valence-corrected chi connectivity index (χ2v) is 13.8. The number of benzene rings is 3. The maximum atomic E-state index is 13.2. The number of carboxylic acids is 1. The van der Waals surface area contributed by atoms with E-state index in [1.165, 1.54) is 19.3 Å². The van der Waals surface area contributed by atoms with Crippen LogP contribution in [0.4, 0.5) is 0 Å². The number of ether oxygens (including phenoxy) is 1. The van der Waals surface area contributed by atoms with Gasteiger partial charge in [0, 0.05) is 42.0 Å². The molecule has 4 aromatic rings. The number of amides is 2. The summed E-state index contributed by atoms with van der Waals surface area (Å²) in [5.41, 5.74) is 4.73. The summed E-state index contributed by atoms with van der Waals surface area (Å²) in [4.78, 5) is 46.4. The number of carboxylic acid groups (broad SMARTS) is 1. The van der Waals surface area contributed by atoms with Gasteiger partial charge in [0.1, 0.15) is 11.8 Å². The molecule has 0 saturated heterocycles. The molecule has 10 heteroatoms. The third-order valence-electron chi connectivity index (χ3n) is 8.35. The molecule has 1 aromatic heterocycles.